The molecule has 44 heavy (non-hydrogen) atoms. The van der Waals surface area contributed by atoms with Crippen molar-refractivity contribution in [3.05, 3.63) is 157 Å². The van der Waals surface area contributed by atoms with E-state index in [0.717, 1.165) is 16.7 Å². The van der Waals surface area contributed by atoms with Crippen molar-refractivity contribution in [2.75, 3.05) is 0 Å². The summed E-state index contributed by atoms with van der Waals surface area (Å²) in [6.45, 7) is 4.67. The van der Waals surface area contributed by atoms with Crippen LogP contribution < -0.4 is 0 Å². The largest absolute Gasteiger partial charge is 0.219 e. The second-order valence-electron chi connectivity index (χ2n) is 12.1. The topological polar surface area (TPSA) is 34.1 Å². The van der Waals surface area contributed by atoms with E-state index < -0.39 is 9.84 Å². The van der Waals surface area contributed by atoms with Gasteiger partial charge in [0, 0.05) is 5.41 Å². The van der Waals surface area contributed by atoms with Gasteiger partial charge in [-0.2, -0.15) is 0 Å². The van der Waals surface area contributed by atoms with E-state index >= 15 is 0 Å². The minimum atomic E-state index is -3.55. The van der Waals surface area contributed by atoms with Crippen LogP contribution in [0.4, 0.5) is 0 Å². The van der Waals surface area contributed by atoms with E-state index in [4.69, 9.17) is 0 Å². The zero-order chi connectivity index (χ0) is 30.1. The Balaban J connectivity index is 1.27. The van der Waals surface area contributed by atoms with E-state index in [9.17, 15) is 8.42 Å². The molecule has 0 atom stereocenters. The van der Waals surface area contributed by atoms with Crippen LogP contribution in [0.25, 0.3) is 54.9 Å². The monoisotopic (exact) mass is 586 g/mol. The van der Waals surface area contributed by atoms with Crippen LogP contribution in [0.1, 0.15) is 25.0 Å². The van der Waals surface area contributed by atoms with Crippen LogP contribution >= 0.6 is 0 Å². The van der Waals surface area contributed by atoms with E-state index in [1.165, 1.54) is 49.4 Å². The molecule has 8 rings (SSSR count). The van der Waals surface area contributed by atoms with Crippen molar-refractivity contribution in [1.29, 1.82) is 0 Å². The zero-order valence-electron chi connectivity index (χ0n) is 24.6. The molecule has 0 aromatic heterocycles. The van der Waals surface area contributed by atoms with Gasteiger partial charge in [0.15, 0.2) is 0 Å². The molecule has 7 aromatic carbocycles. The Morgan fingerprint density at radius 3 is 1.64 bits per heavy atom. The maximum Gasteiger partial charge on any atom is 0.206 e. The average molecular weight is 587 g/mol. The number of hydrogen-bond donors (Lipinski definition) is 0. The van der Waals surface area contributed by atoms with Crippen LogP contribution in [-0.2, 0) is 15.3 Å². The Kier molecular flexibility index (Phi) is 5.91. The van der Waals surface area contributed by atoms with Gasteiger partial charge in [0.2, 0.25) is 9.84 Å². The standard InChI is InChI=1S/C41H30O2S/c1-41(2)36-17-9-8-15-34(36)39-33-14-7-6-13-32(33)38(35-16-10-18-37(41)40(35)39)29-21-19-27(20-22-29)28-23-25-31(26-24-28)44(42,43)30-11-4-3-5-12-30/h3-26H,1-2H3. The highest BCUT2D eigenvalue weighted by Crippen LogP contribution is 2.53. The van der Waals surface area contributed by atoms with Crippen molar-refractivity contribution in [3.8, 4) is 33.4 Å². The molecule has 0 radical (unpaired) electrons. The number of benzene rings is 7. The fourth-order valence-corrected chi connectivity index (χ4v) is 8.41. The van der Waals surface area contributed by atoms with Gasteiger partial charge in [-0.05, 0) is 90.3 Å². The molecule has 3 heteroatoms. The van der Waals surface area contributed by atoms with Crippen molar-refractivity contribution in [1.82, 2.24) is 0 Å². The molecule has 0 spiro atoms. The van der Waals surface area contributed by atoms with Gasteiger partial charge >= 0.3 is 0 Å². The SMILES string of the molecule is CC1(C)c2ccccc2-c2c3ccccc3c(-c3ccc(-c4ccc(S(=O)(=O)c5ccccc5)cc4)cc3)c3cccc1c23. The molecule has 0 fully saturated rings. The number of hydrogen-bond acceptors (Lipinski definition) is 2. The summed E-state index contributed by atoms with van der Waals surface area (Å²) in [7, 11) is -3.55. The van der Waals surface area contributed by atoms with Gasteiger partial charge in [-0.1, -0.05) is 135 Å². The summed E-state index contributed by atoms with van der Waals surface area (Å²) < 4.78 is 26.2. The van der Waals surface area contributed by atoms with Gasteiger partial charge < -0.3 is 0 Å². The highest BCUT2D eigenvalue weighted by atomic mass is 32.2. The fourth-order valence-electron chi connectivity index (χ4n) is 7.12. The first-order valence-corrected chi connectivity index (χ1v) is 16.4. The average Bonchev–Trinajstić information content (AvgIpc) is 3.07. The van der Waals surface area contributed by atoms with Crippen LogP contribution in [0.15, 0.2) is 155 Å². The summed E-state index contributed by atoms with van der Waals surface area (Å²) in [4.78, 5) is 0.598. The minimum absolute atomic E-state index is 0.118. The maximum absolute atomic E-state index is 13.1. The third kappa shape index (κ3) is 3.89. The summed E-state index contributed by atoms with van der Waals surface area (Å²) in [6, 6.07) is 48.8. The van der Waals surface area contributed by atoms with Crippen LogP contribution in [0, 0.1) is 0 Å². The van der Waals surface area contributed by atoms with E-state index in [2.05, 4.69) is 105 Å². The quantitative estimate of drug-likeness (QED) is 0.192. The molecule has 0 saturated carbocycles. The summed E-state index contributed by atoms with van der Waals surface area (Å²) in [6.07, 6.45) is 0. The Bertz CT molecular complexity index is 2330. The molecule has 0 amide bonds. The fraction of sp³-hybridized carbons (Fsp3) is 0.0732. The Morgan fingerprint density at radius 2 is 0.932 bits per heavy atom. The molecule has 0 heterocycles. The van der Waals surface area contributed by atoms with Crippen molar-refractivity contribution in [3.63, 3.8) is 0 Å². The molecule has 0 aliphatic heterocycles. The van der Waals surface area contributed by atoms with Crippen LogP contribution in [0.5, 0.6) is 0 Å². The Morgan fingerprint density at radius 1 is 0.432 bits per heavy atom. The summed E-state index contributed by atoms with van der Waals surface area (Å²) in [5.74, 6) is 0. The lowest BCUT2D eigenvalue weighted by atomic mass is 9.67. The molecule has 0 saturated heterocycles. The lowest BCUT2D eigenvalue weighted by Gasteiger charge is -2.36. The molecular formula is C41H30O2S. The molecule has 0 unspecified atom stereocenters. The number of sulfone groups is 1. The van der Waals surface area contributed by atoms with E-state index in [1.807, 2.05) is 18.2 Å². The predicted octanol–water partition coefficient (Wildman–Crippen LogP) is 10.5. The van der Waals surface area contributed by atoms with Crippen molar-refractivity contribution in [2.24, 2.45) is 0 Å². The molecular weight excluding hydrogens is 557 g/mol. The summed E-state index contributed by atoms with van der Waals surface area (Å²) in [5.41, 5.74) is 9.67. The first kappa shape index (κ1) is 26.6. The highest BCUT2D eigenvalue weighted by Gasteiger charge is 2.34. The smallest absolute Gasteiger partial charge is 0.206 e. The van der Waals surface area contributed by atoms with Gasteiger partial charge in [-0.3, -0.25) is 0 Å². The summed E-state index contributed by atoms with van der Waals surface area (Å²) >= 11 is 0. The van der Waals surface area contributed by atoms with Gasteiger partial charge in [0.25, 0.3) is 0 Å². The van der Waals surface area contributed by atoms with Crippen molar-refractivity contribution < 1.29 is 8.42 Å². The predicted molar refractivity (Wildman–Crippen MR) is 182 cm³/mol. The first-order chi connectivity index (χ1) is 21.4. The van der Waals surface area contributed by atoms with E-state index in [0.29, 0.717) is 9.79 Å². The first-order valence-electron chi connectivity index (χ1n) is 14.9. The molecule has 1 aliphatic rings. The van der Waals surface area contributed by atoms with Gasteiger partial charge in [0.05, 0.1) is 9.79 Å². The van der Waals surface area contributed by atoms with Gasteiger partial charge in [0.1, 0.15) is 0 Å². The second kappa shape index (κ2) is 9.77. The third-order valence-electron chi connectivity index (χ3n) is 9.32. The van der Waals surface area contributed by atoms with Gasteiger partial charge in [-0.25, -0.2) is 8.42 Å². The van der Waals surface area contributed by atoms with Crippen molar-refractivity contribution >= 4 is 31.4 Å². The van der Waals surface area contributed by atoms with Crippen LogP contribution in [0.3, 0.4) is 0 Å². The Labute approximate surface area is 258 Å². The third-order valence-corrected chi connectivity index (χ3v) is 11.1. The highest BCUT2D eigenvalue weighted by molar-refractivity contribution is 7.91. The lowest BCUT2D eigenvalue weighted by Crippen LogP contribution is -2.23. The van der Waals surface area contributed by atoms with E-state index in [1.54, 1.807) is 36.4 Å². The second-order valence-corrected chi connectivity index (χ2v) is 14.1. The van der Waals surface area contributed by atoms with E-state index in [-0.39, 0.29) is 5.41 Å². The van der Waals surface area contributed by atoms with Crippen molar-refractivity contribution in [2.45, 2.75) is 29.1 Å². The zero-order valence-corrected chi connectivity index (χ0v) is 25.4. The minimum Gasteiger partial charge on any atom is -0.219 e. The molecule has 1 aliphatic carbocycles. The Hall–Kier alpha value is -4.99. The molecule has 212 valence electrons. The molecule has 7 aromatic rings. The molecule has 0 bridgehead atoms. The molecule has 2 nitrogen and oxygen atoms in total. The summed E-state index contributed by atoms with van der Waals surface area (Å²) in [5, 5.41) is 5.11. The number of rotatable bonds is 4. The van der Waals surface area contributed by atoms with Crippen LogP contribution in [-0.4, -0.2) is 8.42 Å². The van der Waals surface area contributed by atoms with Gasteiger partial charge in [-0.15, -0.1) is 0 Å². The normalized spacial score (nSPS) is 13.6. The molecule has 0 N–H and O–H groups in total. The van der Waals surface area contributed by atoms with Crippen LogP contribution in [0.2, 0.25) is 0 Å². The number of fused-ring (bicyclic) bond motifs is 4. The maximum atomic E-state index is 13.1. The lowest BCUT2D eigenvalue weighted by molar-refractivity contribution is 0.596.